The maximum atomic E-state index is 12.6. The van der Waals surface area contributed by atoms with Gasteiger partial charge < -0.3 is 9.67 Å². The predicted octanol–water partition coefficient (Wildman–Crippen LogP) is 5.18. The molecule has 0 saturated heterocycles. The van der Waals surface area contributed by atoms with Crippen LogP contribution in [0.5, 0.6) is 0 Å². The molecule has 0 aliphatic carbocycles. The van der Waals surface area contributed by atoms with Crippen molar-refractivity contribution in [1.82, 2.24) is 4.57 Å². The van der Waals surface area contributed by atoms with Crippen LogP contribution in [-0.2, 0) is 6.42 Å². The largest absolute Gasteiger partial charge is 0.477 e. The van der Waals surface area contributed by atoms with Crippen LogP contribution in [0.4, 0.5) is 0 Å². The molecule has 0 amide bonds. The molecule has 6 heteroatoms. The minimum Gasteiger partial charge on any atom is -0.477 e. The van der Waals surface area contributed by atoms with Gasteiger partial charge in [-0.25, -0.2) is 4.79 Å². The van der Waals surface area contributed by atoms with Crippen molar-refractivity contribution < 1.29 is 9.90 Å². The number of hydrogen-bond donors (Lipinski definition) is 1. The Hall–Kier alpha value is -2.30. The molecule has 1 N–H and O–H groups in total. The molecular formula is C20H17Cl2NO3. The van der Waals surface area contributed by atoms with Crippen LogP contribution in [0.1, 0.15) is 41.4 Å². The molecule has 26 heavy (non-hydrogen) atoms. The molecule has 3 rings (SSSR count). The Kier molecular flexibility index (Phi) is 5.08. The number of nitrogens with zero attached hydrogens (tertiary/aromatic N) is 1. The summed E-state index contributed by atoms with van der Waals surface area (Å²) in [4.78, 5) is 24.1. The van der Waals surface area contributed by atoms with Crippen LogP contribution in [0.2, 0.25) is 10.0 Å². The van der Waals surface area contributed by atoms with Gasteiger partial charge >= 0.3 is 5.97 Å². The molecule has 134 valence electrons. The Morgan fingerprint density at radius 1 is 1.19 bits per heavy atom. The number of carbonyl (C=O) groups is 1. The van der Waals surface area contributed by atoms with E-state index >= 15 is 0 Å². The van der Waals surface area contributed by atoms with E-state index < -0.39 is 11.4 Å². The number of fused-ring (bicyclic) bond motifs is 1. The van der Waals surface area contributed by atoms with Crippen molar-refractivity contribution >= 4 is 40.1 Å². The van der Waals surface area contributed by atoms with E-state index in [-0.39, 0.29) is 11.6 Å². The van der Waals surface area contributed by atoms with Gasteiger partial charge in [0.15, 0.2) is 0 Å². The highest BCUT2D eigenvalue weighted by Gasteiger charge is 2.16. The van der Waals surface area contributed by atoms with E-state index in [0.29, 0.717) is 27.4 Å². The second kappa shape index (κ2) is 7.14. The molecule has 2 aromatic carbocycles. The summed E-state index contributed by atoms with van der Waals surface area (Å²) < 4.78 is 1.80. The third-order valence-electron chi connectivity index (χ3n) is 4.31. The normalized spacial score (nSPS) is 11.3. The third kappa shape index (κ3) is 3.35. The van der Waals surface area contributed by atoms with Crippen LogP contribution in [0.15, 0.2) is 47.4 Å². The van der Waals surface area contributed by atoms with Crippen molar-refractivity contribution in [3.63, 3.8) is 0 Å². The number of carboxylic acids is 1. The van der Waals surface area contributed by atoms with Crippen molar-refractivity contribution in [1.29, 1.82) is 0 Å². The number of halogens is 2. The fourth-order valence-electron chi connectivity index (χ4n) is 3.00. The summed E-state index contributed by atoms with van der Waals surface area (Å²) in [7, 11) is 0. The Balaban J connectivity index is 2.19. The summed E-state index contributed by atoms with van der Waals surface area (Å²) >= 11 is 12.3. The van der Waals surface area contributed by atoms with Crippen LogP contribution in [0.3, 0.4) is 0 Å². The molecule has 0 unspecified atom stereocenters. The third-order valence-corrected chi connectivity index (χ3v) is 5.17. The summed E-state index contributed by atoms with van der Waals surface area (Å²) in [5.41, 5.74) is 1.69. The maximum Gasteiger partial charge on any atom is 0.341 e. The predicted molar refractivity (Wildman–Crippen MR) is 105 cm³/mol. The molecule has 0 spiro atoms. The first-order valence-electron chi connectivity index (χ1n) is 8.13. The van der Waals surface area contributed by atoms with E-state index in [9.17, 15) is 14.7 Å². The van der Waals surface area contributed by atoms with Crippen LogP contribution in [-0.4, -0.2) is 15.6 Å². The second-order valence-electron chi connectivity index (χ2n) is 6.42. The molecule has 0 aliphatic rings. The van der Waals surface area contributed by atoms with Crippen LogP contribution in [0.25, 0.3) is 10.9 Å². The van der Waals surface area contributed by atoms with E-state index in [1.807, 2.05) is 38.1 Å². The van der Waals surface area contributed by atoms with Gasteiger partial charge in [-0.15, -0.1) is 0 Å². The molecule has 0 aliphatic heterocycles. The van der Waals surface area contributed by atoms with Gasteiger partial charge in [-0.1, -0.05) is 41.4 Å². The Bertz CT molecular complexity index is 1070. The zero-order chi connectivity index (χ0) is 19.0. The molecular weight excluding hydrogens is 373 g/mol. The Morgan fingerprint density at radius 2 is 1.92 bits per heavy atom. The standard InChI is InChI=1S/C20H17Cl2NO3/c1-11(2)23-10-15(20(25)26)19(24)14-9-12(6-7-17(14)23)8-13-4-3-5-16(21)18(13)22/h3-7,9-11H,8H2,1-2H3,(H,25,26). The van der Waals surface area contributed by atoms with Gasteiger partial charge in [-0.2, -0.15) is 0 Å². The Morgan fingerprint density at radius 3 is 2.58 bits per heavy atom. The van der Waals surface area contributed by atoms with Crippen LogP contribution < -0.4 is 5.43 Å². The summed E-state index contributed by atoms with van der Waals surface area (Å²) in [6.07, 6.45) is 1.90. The molecule has 0 fully saturated rings. The van der Waals surface area contributed by atoms with Crippen LogP contribution >= 0.6 is 23.2 Å². The smallest absolute Gasteiger partial charge is 0.341 e. The van der Waals surface area contributed by atoms with Crippen molar-refractivity contribution in [2.45, 2.75) is 26.3 Å². The van der Waals surface area contributed by atoms with E-state index in [0.717, 1.165) is 11.1 Å². The summed E-state index contributed by atoms with van der Waals surface area (Å²) in [5.74, 6) is -1.23. The number of rotatable bonds is 4. The van der Waals surface area contributed by atoms with Crippen LogP contribution in [0, 0.1) is 0 Å². The van der Waals surface area contributed by atoms with Gasteiger partial charge in [0.05, 0.1) is 15.6 Å². The SMILES string of the molecule is CC(C)n1cc(C(=O)O)c(=O)c2cc(Cc3cccc(Cl)c3Cl)ccc21. The lowest BCUT2D eigenvalue weighted by Gasteiger charge is -2.16. The minimum absolute atomic E-state index is 0.0180. The molecule has 0 saturated carbocycles. The monoisotopic (exact) mass is 389 g/mol. The number of pyridine rings is 1. The maximum absolute atomic E-state index is 12.6. The molecule has 0 radical (unpaired) electrons. The molecule has 1 aromatic heterocycles. The zero-order valence-corrected chi connectivity index (χ0v) is 15.8. The van der Waals surface area contributed by atoms with Gasteiger partial charge in [-0.05, 0) is 49.6 Å². The Labute approximate surface area is 160 Å². The second-order valence-corrected chi connectivity index (χ2v) is 7.20. The van der Waals surface area contributed by atoms with Gasteiger partial charge in [-0.3, -0.25) is 4.79 Å². The van der Waals surface area contributed by atoms with Crippen molar-refractivity contribution in [2.24, 2.45) is 0 Å². The quantitative estimate of drug-likeness (QED) is 0.668. The molecule has 4 nitrogen and oxygen atoms in total. The summed E-state index contributed by atoms with van der Waals surface area (Å²) in [6, 6.07) is 10.9. The zero-order valence-electron chi connectivity index (χ0n) is 14.3. The molecule has 3 aromatic rings. The first-order chi connectivity index (χ1) is 12.3. The van der Waals surface area contributed by atoms with Crippen molar-refractivity contribution in [3.05, 3.63) is 79.6 Å². The van der Waals surface area contributed by atoms with E-state index in [1.165, 1.54) is 6.20 Å². The average Bonchev–Trinajstić information content (AvgIpc) is 2.59. The lowest BCUT2D eigenvalue weighted by molar-refractivity contribution is 0.0694. The number of benzene rings is 2. The summed E-state index contributed by atoms with van der Waals surface area (Å²) in [5, 5.41) is 10.7. The topological polar surface area (TPSA) is 59.3 Å². The summed E-state index contributed by atoms with van der Waals surface area (Å²) in [6.45, 7) is 3.88. The van der Waals surface area contributed by atoms with E-state index in [1.54, 1.807) is 16.7 Å². The minimum atomic E-state index is -1.23. The fraction of sp³-hybridized carbons (Fsp3) is 0.200. The van der Waals surface area contributed by atoms with Crippen molar-refractivity contribution in [2.75, 3.05) is 0 Å². The van der Waals surface area contributed by atoms with Crippen molar-refractivity contribution in [3.8, 4) is 0 Å². The molecule has 0 bridgehead atoms. The van der Waals surface area contributed by atoms with Gasteiger partial charge in [0.2, 0.25) is 5.43 Å². The molecule has 1 heterocycles. The number of hydrogen-bond acceptors (Lipinski definition) is 2. The highest BCUT2D eigenvalue weighted by atomic mass is 35.5. The number of aromatic nitrogens is 1. The number of aromatic carboxylic acids is 1. The van der Waals surface area contributed by atoms with Gasteiger partial charge in [0.25, 0.3) is 0 Å². The lowest BCUT2D eigenvalue weighted by atomic mass is 10.0. The average molecular weight is 390 g/mol. The first-order valence-corrected chi connectivity index (χ1v) is 8.89. The highest BCUT2D eigenvalue weighted by molar-refractivity contribution is 6.42. The fourth-order valence-corrected chi connectivity index (χ4v) is 3.38. The molecule has 0 atom stereocenters. The van der Waals surface area contributed by atoms with Gasteiger partial charge in [0.1, 0.15) is 5.56 Å². The first kappa shape index (κ1) is 18.5. The van der Waals surface area contributed by atoms with E-state index in [2.05, 4.69) is 0 Å². The highest BCUT2D eigenvalue weighted by Crippen LogP contribution is 2.28. The van der Waals surface area contributed by atoms with E-state index in [4.69, 9.17) is 23.2 Å². The number of carboxylic acid groups (broad SMARTS) is 1. The van der Waals surface area contributed by atoms with Gasteiger partial charge in [0, 0.05) is 17.6 Å². The lowest BCUT2D eigenvalue weighted by Crippen LogP contribution is -2.19.